The minimum atomic E-state index is -4.63. The van der Waals surface area contributed by atoms with Crippen molar-refractivity contribution in [3.8, 4) is 0 Å². The average molecular weight is 524 g/mol. The quantitative estimate of drug-likeness (QED) is 0.465. The molecule has 1 aromatic carbocycles. The highest BCUT2D eigenvalue weighted by molar-refractivity contribution is 6.30. The van der Waals surface area contributed by atoms with Gasteiger partial charge in [-0.2, -0.15) is 13.2 Å². The molecule has 3 unspecified atom stereocenters. The third kappa shape index (κ3) is 4.00. The Hall–Kier alpha value is -2.22. The summed E-state index contributed by atoms with van der Waals surface area (Å²) in [5, 5.41) is 5.40. The number of carbonyl (C=O) groups is 2. The number of anilines is 1. The molecule has 3 fully saturated rings. The lowest BCUT2D eigenvalue weighted by Gasteiger charge is -2.60. The number of hydrogen-bond acceptors (Lipinski definition) is 2. The van der Waals surface area contributed by atoms with E-state index in [0.29, 0.717) is 17.8 Å². The summed E-state index contributed by atoms with van der Waals surface area (Å²) in [5.74, 6) is 1.47. The first-order valence-corrected chi connectivity index (χ1v) is 13.1. The van der Waals surface area contributed by atoms with E-state index in [1.54, 1.807) is 6.08 Å². The fourth-order valence-electron chi connectivity index (χ4n) is 8.15. The van der Waals surface area contributed by atoms with Gasteiger partial charge < -0.3 is 15.5 Å². The number of alkyl halides is 3. The number of fused-ring (bicyclic) bond motifs is 5. The smallest absolute Gasteiger partial charge is 0.338 e. The maximum atomic E-state index is 13.5. The number of hydrogen-bond donors (Lipinski definition) is 2. The second-order valence-electron chi connectivity index (χ2n) is 11.6. The van der Waals surface area contributed by atoms with Crippen molar-refractivity contribution in [2.45, 2.75) is 70.6 Å². The molecule has 3 aliphatic carbocycles. The van der Waals surface area contributed by atoms with Gasteiger partial charge in [-0.05, 0) is 86.0 Å². The minimum absolute atomic E-state index is 0.0389. The van der Waals surface area contributed by atoms with E-state index < -0.39 is 17.8 Å². The van der Waals surface area contributed by atoms with Crippen molar-refractivity contribution in [1.29, 1.82) is 0 Å². The van der Waals surface area contributed by atoms with Gasteiger partial charge in [-0.25, -0.2) is 4.79 Å². The third-order valence-electron chi connectivity index (χ3n) is 9.97. The zero-order chi connectivity index (χ0) is 26.0. The van der Waals surface area contributed by atoms with E-state index in [1.807, 2.05) is 11.9 Å². The molecule has 2 N–H and O–H groups in total. The summed E-state index contributed by atoms with van der Waals surface area (Å²) in [4.78, 5) is 27.0. The van der Waals surface area contributed by atoms with E-state index in [2.05, 4.69) is 30.6 Å². The van der Waals surface area contributed by atoms with Crippen LogP contribution in [0.1, 0.15) is 57.9 Å². The van der Waals surface area contributed by atoms with E-state index in [0.717, 1.165) is 44.6 Å². The lowest BCUT2D eigenvalue weighted by Crippen LogP contribution is -2.60. The van der Waals surface area contributed by atoms with Crippen molar-refractivity contribution in [2.24, 2.45) is 28.6 Å². The molecule has 4 aliphatic rings. The van der Waals surface area contributed by atoms with Crippen molar-refractivity contribution in [3.05, 3.63) is 40.9 Å². The first-order chi connectivity index (χ1) is 16.8. The number of urea groups is 1. The van der Waals surface area contributed by atoms with Crippen molar-refractivity contribution in [2.75, 3.05) is 12.4 Å². The number of nitrogens with zero attached hydrogens (tertiary/aromatic N) is 1. The Balaban J connectivity index is 1.31. The molecule has 3 saturated carbocycles. The highest BCUT2D eigenvalue weighted by atomic mass is 35.5. The number of amides is 3. The van der Waals surface area contributed by atoms with Crippen LogP contribution in [0, 0.1) is 28.6 Å². The van der Waals surface area contributed by atoms with Gasteiger partial charge in [0, 0.05) is 29.6 Å². The Kier molecular flexibility index (Phi) is 6.13. The van der Waals surface area contributed by atoms with Gasteiger partial charge in [-0.3, -0.25) is 4.79 Å². The second-order valence-corrected chi connectivity index (χ2v) is 12.0. The van der Waals surface area contributed by atoms with Crippen LogP contribution in [0.15, 0.2) is 30.4 Å². The van der Waals surface area contributed by atoms with Gasteiger partial charge in [0.15, 0.2) is 0 Å². The highest BCUT2D eigenvalue weighted by Gasteiger charge is 2.60. The minimum Gasteiger partial charge on any atom is -0.338 e. The summed E-state index contributed by atoms with van der Waals surface area (Å²) in [6.07, 6.45) is 4.98. The summed E-state index contributed by atoms with van der Waals surface area (Å²) in [6, 6.07) is 2.83. The van der Waals surface area contributed by atoms with Crippen LogP contribution in [0.2, 0.25) is 5.02 Å². The largest absolute Gasteiger partial charge is 0.418 e. The van der Waals surface area contributed by atoms with Gasteiger partial charge in [0.25, 0.3) is 0 Å². The number of benzene rings is 1. The van der Waals surface area contributed by atoms with Crippen LogP contribution in [0.25, 0.3) is 0 Å². The second kappa shape index (κ2) is 8.67. The van der Waals surface area contributed by atoms with Gasteiger partial charge in [-0.1, -0.05) is 31.5 Å². The van der Waals surface area contributed by atoms with Crippen LogP contribution in [0.3, 0.4) is 0 Å². The molecule has 7 atom stereocenters. The SMILES string of the molecule is CN1C(=O)C=C[C@]2(C)C3CC[C@@]4(C)C(CC[C@@H]4NC(=O)Nc4ccc(Cl)cc4C(F)(F)F)C3CC[C@@H]12. The molecular weight excluding hydrogens is 491 g/mol. The van der Waals surface area contributed by atoms with E-state index in [1.165, 1.54) is 12.1 Å². The van der Waals surface area contributed by atoms with Crippen LogP contribution in [0.4, 0.5) is 23.7 Å². The predicted molar refractivity (Wildman–Crippen MR) is 132 cm³/mol. The van der Waals surface area contributed by atoms with E-state index >= 15 is 0 Å². The zero-order valence-electron chi connectivity index (χ0n) is 20.8. The summed E-state index contributed by atoms with van der Waals surface area (Å²) in [6.45, 7) is 4.52. The predicted octanol–water partition coefficient (Wildman–Crippen LogP) is 6.49. The molecule has 5 nitrogen and oxygen atoms in total. The van der Waals surface area contributed by atoms with Gasteiger partial charge in [-0.15, -0.1) is 0 Å². The first kappa shape index (κ1) is 25.4. The Morgan fingerprint density at radius 2 is 1.86 bits per heavy atom. The molecule has 0 spiro atoms. The van der Waals surface area contributed by atoms with Crippen LogP contribution < -0.4 is 10.6 Å². The molecule has 196 valence electrons. The normalized spacial score (nSPS) is 37.7. The Bertz CT molecular complexity index is 1110. The number of carbonyl (C=O) groups excluding carboxylic acids is 2. The summed E-state index contributed by atoms with van der Waals surface area (Å²) < 4.78 is 40.4. The van der Waals surface area contributed by atoms with E-state index in [4.69, 9.17) is 11.6 Å². The van der Waals surface area contributed by atoms with Gasteiger partial charge in [0.2, 0.25) is 5.91 Å². The van der Waals surface area contributed by atoms with Crippen molar-refractivity contribution >= 4 is 29.2 Å². The molecule has 1 heterocycles. The molecule has 3 amide bonds. The van der Waals surface area contributed by atoms with Gasteiger partial charge >= 0.3 is 12.2 Å². The average Bonchev–Trinajstić information content (AvgIpc) is 3.13. The van der Waals surface area contributed by atoms with Crippen LogP contribution >= 0.6 is 11.6 Å². The Labute approximate surface area is 214 Å². The molecule has 0 bridgehead atoms. The number of nitrogens with one attached hydrogen (secondary N) is 2. The molecule has 5 rings (SSSR count). The third-order valence-corrected chi connectivity index (χ3v) is 10.2. The summed E-state index contributed by atoms with van der Waals surface area (Å²) >= 11 is 5.76. The van der Waals surface area contributed by atoms with E-state index in [-0.39, 0.29) is 39.5 Å². The molecule has 0 radical (unpaired) electrons. The van der Waals surface area contributed by atoms with Crippen LogP contribution in [0.5, 0.6) is 0 Å². The standard InChI is InChI=1S/C27H33ClF3N3O2/c1-25-12-10-18-16(5-9-22-26(18,2)13-11-23(35)34(22)3)17(25)6-8-21(25)33-24(36)32-20-7-4-15(28)14-19(20)27(29,30)31/h4,7,11,13-14,16-18,21-22H,5-6,8-10,12H2,1-3H3,(H2,32,33,36)/t16?,17?,18?,21-,22+,25-,26+/m0/s1. The highest BCUT2D eigenvalue weighted by Crippen LogP contribution is 2.63. The Morgan fingerprint density at radius 3 is 2.58 bits per heavy atom. The molecule has 0 saturated heterocycles. The lowest BCUT2D eigenvalue weighted by atomic mass is 9.48. The monoisotopic (exact) mass is 523 g/mol. The number of halogens is 4. The fraction of sp³-hybridized carbons (Fsp3) is 0.630. The van der Waals surface area contributed by atoms with Crippen LogP contribution in [-0.2, 0) is 11.0 Å². The summed E-state index contributed by atoms with van der Waals surface area (Å²) in [5.41, 5.74) is -1.44. The fourth-order valence-corrected chi connectivity index (χ4v) is 8.32. The topological polar surface area (TPSA) is 61.4 Å². The first-order valence-electron chi connectivity index (χ1n) is 12.7. The van der Waals surface area contributed by atoms with Crippen molar-refractivity contribution in [1.82, 2.24) is 10.2 Å². The maximum Gasteiger partial charge on any atom is 0.418 e. The Morgan fingerprint density at radius 1 is 1.11 bits per heavy atom. The molecule has 9 heteroatoms. The van der Waals surface area contributed by atoms with Gasteiger partial charge in [0.05, 0.1) is 11.3 Å². The van der Waals surface area contributed by atoms with Gasteiger partial charge in [0.1, 0.15) is 0 Å². The molecule has 0 aromatic heterocycles. The van der Waals surface area contributed by atoms with Crippen molar-refractivity contribution in [3.63, 3.8) is 0 Å². The van der Waals surface area contributed by atoms with E-state index in [9.17, 15) is 22.8 Å². The number of rotatable bonds is 2. The lowest BCUT2D eigenvalue weighted by molar-refractivity contribution is -0.138. The van der Waals surface area contributed by atoms with Crippen molar-refractivity contribution < 1.29 is 22.8 Å². The zero-order valence-corrected chi connectivity index (χ0v) is 21.5. The molecule has 1 aromatic rings. The molecule has 36 heavy (non-hydrogen) atoms. The van der Waals surface area contributed by atoms with Crippen LogP contribution in [-0.4, -0.2) is 36.0 Å². The molecular formula is C27H33ClF3N3O2. The number of likely N-dealkylation sites (N-methyl/N-ethyl adjacent to an activating group) is 1. The maximum absolute atomic E-state index is 13.5. The molecule has 1 aliphatic heterocycles. The summed E-state index contributed by atoms with van der Waals surface area (Å²) in [7, 11) is 1.90.